The van der Waals surface area contributed by atoms with Crippen LogP contribution in [0.2, 0.25) is 0 Å². The number of aliphatic hydroxyl groups excluding tert-OH is 1. The van der Waals surface area contributed by atoms with Crippen LogP contribution in [0, 0.1) is 0 Å². The zero-order valence-corrected chi connectivity index (χ0v) is 10.6. The van der Waals surface area contributed by atoms with Crippen LogP contribution in [0.5, 0.6) is 11.5 Å². The highest BCUT2D eigenvalue weighted by atomic mass is 16.5. The number of aliphatic hydroxyl groups is 1. The molecule has 0 bridgehead atoms. The molecule has 1 aromatic carbocycles. The van der Waals surface area contributed by atoms with Gasteiger partial charge in [0.15, 0.2) is 0 Å². The summed E-state index contributed by atoms with van der Waals surface area (Å²) in [7, 11) is 0. The van der Waals surface area contributed by atoms with E-state index < -0.39 is 6.10 Å². The van der Waals surface area contributed by atoms with Crippen molar-refractivity contribution in [3.8, 4) is 11.5 Å². The fraction of sp³-hybridized carbons (Fsp3) is 0.467. The topological polar surface area (TPSA) is 38.7 Å². The Morgan fingerprint density at radius 2 is 2.28 bits per heavy atom. The molecule has 1 unspecified atom stereocenters. The van der Waals surface area contributed by atoms with Crippen LogP contribution in [-0.2, 0) is 0 Å². The molecule has 1 aliphatic heterocycles. The van der Waals surface area contributed by atoms with Crippen LogP contribution in [0.25, 0.3) is 0 Å². The summed E-state index contributed by atoms with van der Waals surface area (Å²) in [5.41, 5.74) is 0.855. The molecule has 0 fully saturated rings. The molecule has 0 saturated carbocycles. The van der Waals surface area contributed by atoms with E-state index in [-0.39, 0.29) is 0 Å². The summed E-state index contributed by atoms with van der Waals surface area (Å²) in [6.07, 6.45) is 5.91. The van der Waals surface area contributed by atoms with Crippen LogP contribution in [0.3, 0.4) is 0 Å². The van der Waals surface area contributed by atoms with Crippen molar-refractivity contribution in [3.05, 3.63) is 36.4 Å². The number of ether oxygens (including phenoxy) is 2. The number of hydrogen-bond donors (Lipinski definition) is 1. The molecule has 2 rings (SSSR count). The SMILES string of the molecule is C=CCCCCCOc1ccc2c(c1)OCC2O. The maximum atomic E-state index is 9.59. The first-order valence-corrected chi connectivity index (χ1v) is 6.50. The monoisotopic (exact) mass is 248 g/mol. The average molecular weight is 248 g/mol. The van der Waals surface area contributed by atoms with Gasteiger partial charge in [-0.1, -0.05) is 6.08 Å². The summed E-state index contributed by atoms with van der Waals surface area (Å²) >= 11 is 0. The van der Waals surface area contributed by atoms with Gasteiger partial charge in [-0.25, -0.2) is 0 Å². The third kappa shape index (κ3) is 3.26. The second-order valence-corrected chi connectivity index (χ2v) is 4.51. The highest BCUT2D eigenvalue weighted by Gasteiger charge is 2.21. The smallest absolute Gasteiger partial charge is 0.129 e. The molecular formula is C15H20O3. The summed E-state index contributed by atoms with van der Waals surface area (Å²) < 4.78 is 11.0. The van der Waals surface area contributed by atoms with E-state index in [1.54, 1.807) is 0 Å². The Morgan fingerprint density at radius 3 is 3.11 bits per heavy atom. The molecule has 0 aliphatic carbocycles. The van der Waals surface area contributed by atoms with Crippen molar-refractivity contribution in [2.75, 3.05) is 13.2 Å². The lowest BCUT2D eigenvalue weighted by atomic mass is 10.1. The van der Waals surface area contributed by atoms with E-state index in [0.29, 0.717) is 6.61 Å². The molecule has 3 heteroatoms. The summed E-state index contributed by atoms with van der Waals surface area (Å²) in [6, 6.07) is 5.62. The van der Waals surface area contributed by atoms with Crippen LogP contribution in [-0.4, -0.2) is 18.3 Å². The van der Waals surface area contributed by atoms with Gasteiger partial charge in [0.05, 0.1) is 6.61 Å². The third-order valence-corrected chi connectivity index (χ3v) is 3.06. The molecule has 1 atom stereocenters. The van der Waals surface area contributed by atoms with Gasteiger partial charge in [-0.15, -0.1) is 6.58 Å². The molecule has 98 valence electrons. The van der Waals surface area contributed by atoms with Crippen LogP contribution < -0.4 is 9.47 Å². The predicted molar refractivity (Wildman–Crippen MR) is 71.1 cm³/mol. The highest BCUT2D eigenvalue weighted by molar-refractivity contribution is 5.44. The second-order valence-electron chi connectivity index (χ2n) is 4.51. The van der Waals surface area contributed by atoms with Crippen molar-refractivity contribution >= 4 is 0 Å². The van der Waals surface area contributed by atoms with Crippen LogP contribution in [0.15, 0.2) is 30.9 Å². The first-order valence-electron chi connectivity index (χ1n) is 6.50. The minimum atomic E-state index is -0.493. The lowest BCUT2D eigenvalue weighted by Crippen LogP contribution is -1.97. The molecule has 0 saturated heterocycles. The fourth-order valence-corrected chi connectivity index (χ4v) is 2.02. The average Bonchev–Trinajstić information content (AvgIpc) is 2.75. The molecule has 3 nitrogen and oxygen atoms in total. The largest absolute Gasteiger partial charge is 0.493 e. The lowest BCUT2D eigenvalue weighted by Gasteiger charge is -2.07. The number of fused-ring (bicyclic) bond motifs is 1. The van der Waals surface area contributed by atoms with E-state index >= 15 is 0 Å². The number of benzene rings is 1. The lowest BCUT2D eigenvalue weighted by molar-refractivity contribution is 0.140. The van der Waals surface area contributed by atoms with Gasteiger partial charge in [-0.2, -0.15) is 0 Å². The molecule has 1 aromatic rings. The normalized spacial score (nSPS) is 17.1. The molecule has 1 N–H and O–H groups in total. The minimum Gasteiger partial charge on any atom is -0.493 e. The van der Waals surface area contributed by atoms with E-state index in [1.807, 2.05) is 24.3 Å². The highest BCUT2D eigenvalue weighted by Crippen LogP contribution is 2.35. The number of allylic oxidation sites excluding steroid dienone is 1. The van der Waals surface area contributed by atoms with Gasteiger partial charge < -0.3 is 14.6 Å². The van der Waals surface area contributed by atoms with E-state index in [0.717, 1.165) is 42.9 Å². The third-order valence-electron chi connectivity index (χ3n) is 3.06. The Balaban J connectivity index is 1.75. The van der Waals surface area contributed by atoms with E-state index in [2.05, 4.69) is 6.58 Å². The molecule has 0 spiro atoms. The summed E-state index contributed by atoms with van der Waals surface area (Å²) in [4.78, 5) is 0. The predicted octanol–water partition coefficient (Wildman–Crippen LogP) is 3.24. The first-order chi connectivity index (χ1) is 8.81. The van der Waals surface area contributed by atoms with Crippen molar-refractivity contribution in [2.45, 2.75) is 31.8 Å². The number of rotatable bonds is 7. The van der Waals surface area contributed by atoms with Crippen molar-refractivity contribution in [1.29, 1.82) is 0 Å². The summed E-state index contributed by atoms with van der Waals surface area (Å²) in [5.74, 6) is 1.55. The van der Waals surface area contributed by atoms with Gasteiger partial charge in [0, 0.05) is 11.6 Å². The maximum Gasteiger partial charge on any atom is 0.129 e. The van der Waals surface area contributed by atoms with Crippen molar-refractivity contribution in [2.24, 2.45) is 0 Å². The van der Waals surface area contributed by atoms with Crippen LogP contribution in [0.4, 0.5) is 0 Å². The Morgan fingerprint density at radius 1 is 1.39 bits per heavy atom. The van der Waals surface area contributed by atoms with E-state index in [1.165, 1.54) is 6.42 Å². The Labute approximate surface area is 108 Å². The second kappa shape index (κ2) is 6.45. The fourth-order valence-electron chi connectivity index (χ4n) is 2.02. The van der Waals surface area contributed by atoms with Crippen molar-refractivity contribution < 1.29 is 14.6 Å². The minimum absolute atomic E-state index is 0.348. The molecule has 0 amide bonds. The zero-order chi connectivity index (χ0) is 12.8. The zero-order valence-electron chi connectivity index (χ0n) is 10.6. The van der Waals surface area contributed by atoms with Crippen LogP contribution >= 0.6 is 0 Å². The molecular weight excluding hydrogens is 228 g/mol. The molecule has 1 heterocycles. The Bertz CT molecular complexity index is 401. The maximum absolute atomic E-state index is 9.59. The quantitative estimate of drug-likeness (QED) is 0.594. The van der Waals surface area contributed by atoms with E-state index in [4.69, 9.17) is 9.47 Å². The van der Waals surface area contributed by atoms with Crippen molar-refractivity contribution in [1.82, 2.24) is 0 Å². The molecule has 1 aliphatic rings. The van der Waals surface area contributed by atoms with Gasteiger partial charge in [-0.05, 0) is 37.8 Å². The van der Waals surface area contributed by atoms with Gasteiger partial charge in [-0.3, -0.25) is 0 Å². The molecule has 18 heavy (non-hydrogen) atoms. The van der Waals surface area contributed by atoms with Gasteiger partial charge in [0.1, 0.15) is 24.2 Å². The molecule has 0 radical (unpaired) electrons. The summed E-state index contributed by atoms with van der Waals surface area (Å²) in [5, 5.41) is 9.59. The van der Waals surface area contributed by atoms with Gasteiger partial charge in [0.2, 0.25) is 0 Å². The van der Waals surface area contributed by atoms with E-state index in [9.17, 15) is 5.11 Å². The summed E-state index contributed by atoms with van der Waals surface area (Å²) in [6.45, 7) is 4.77. The van der Waals surface area contributed by atoms with Crippen molar-refractivity contribution in [3.63, 3.8) is 0 Å². The Kier molecular flexibility index (Phi) is 4.65. The van der Waals surface area contributed by atoms with Crippen LogP contribution in [0.1, 0.15) is 37.4 Å². The molecule has 0 aromatic heterocycles. The van der Waals surface area contributed by atoms with Gasteiger partial charge >= 0.3 is 0 Å². The first kappa shape index (κ1) is 13.0. The standard InChI is InChI=1S/C15H20O3/c1-2-3-4-5-6-9-17-12-7-8-13-14(16)11-18-15(13)10-12/h2,7-8,10,14,16H,1,3-6,9,11H2. The van der Waals surface area contributed by atoms with Gasteiger partial charge in [0.25, 0.3) is 0 Å². The number of unbranched alkanes of at least 4 members (excludes halogenated alkanes) is 3. The Hall–Kier alpha value is -1.48. The number of hydrogen-bond acceptors (Lipinski definition) is 3.